The van der Waals surface area contributed by atoms with Crippen molar-refractivity contribution in [2.24, 2.45) is 5.10 Å². The summed E-state index contributed by atoms with van der Waals surface area (Å²) in [6.45, 7) is 1.65. The van der Waals surface area contributed by atoms with Crippen LogP contribution < -0.4 is 5.43 Å². The first kappa shape index (κ1) is 16.1. The van der Waals surface area contributed by atoms with E-state index in [1.54, 1.807) is 6.92 Å². The van der Waals surface area contributed by atoms with E-state index in [4.69, 9.17) is 11.6 Å². The fourth-order valence-corrected chi connectivity index (χ4v) is 2.50. The molecule has 3 aromatic rings. The van der Waals surface area contributed by atoms with Crippen LogP contribution in [0.25, 0.3) is 11.0 Å². The number of rotatable bonds is 4. The Morgan fingerprint density at radius 1 is 1.33 bits per heavy atom. The third kappa shape index (κ3) is 3.41. The molecule has 0 atom stereocenters. The van der Waals surface area contributed by atoms with Crippen molar-refractivity contribution in [3.8, 4) is 0 Å². The molecule has 3 rings (SSSR count). The first-order chi connectivity index (χ1) is 11.5. The van der Waals surface area contributed by atoms with Gasteiger partial charge in [-0.15, -0.1) is 5.10 Å². The van der Waals surface area contributed by atoms with E-state index in [9.17, 15) is 9.18 Å². The summed E-state index contributed by atoms with van der Waals surface area (Å²) in [5.74, 6) is -0.790. The van der Waals surface area contributed by atoms with Gasteiger partial charge in [0.05, 0.1) is 16.3 Å². The average Bonchev–Trinajstić information content (AvgIpc) is 2.96. The molecule has 0 bridgehead atoms. The minimum Gasteiger partial charge on any atom is -0.271 e. The van der Waals surface area contributed by atoms with Crippen LogP contribution in [0.4, 0.5) is 4.39 Å². The van der Waals surface area contributed by atoms with Gasteiger partial charge < -0.3 is 0 Å². The summed E-state index contributed by atoms with van der Waals surface area (Å²) in [4.78, 5) is 12.0. The van der Waals surface area contributed by atoms with E-state index in [1.165, 1.54) is 22.9 Å². The van der Waals surface area contributed by atoms with Crippen LogP contribution in [0.5, 0.6) is 0 Å². The Labute approximate surface area is 141 Å². The fraction of sp³-hybridized carbons (Fsp3) is 0.125. The van der Waals surface area contributed by atoms with Gasteiger partial charge in [-0.2, -0.15) is 5.10 Å². The van der Waals surface area contributed by atoms with Crippen LogP contribution in [-0.4, -0.2) is 26.6 Å². The van der Waals surface area contributed by atoms with Crippen LogP contribution in [0, 0.1) is 5.82 Å². The van der Waals surface area contributed by atoms with Crippen LogP contribution in [0.3, 0.4) is 0 Å². The van der Waals surface area contributed by atoms with Crippen molar-refractivity contribution in [1.29, 1.82) is 0 Å². The van der Waals surface area contributed by atoms with Gasteiger partial charge >= 0.3 is 0 Å². The maximum atomic E-state index is 13.1. The third-order valence-electron chi connectivity index (χ3n) is 3.38. The molecule has 0 saturated heterocycles. The number of fused-ring (bicyclic) bond motifs is 1. The standard InChI is InChI=1S/C16H13ClFN5O/c1-10(12-7-6-11(18)8-13(12)17)19-21-16(24)9-23-15-5-3-2-4-14(15)20-22-23/h2-8H,9H2,1H3,(H,21,24)/b19-10-. The van der Waals surface area contributed by atoms with E-state index in [2.05, 4.69) is 20.8 Å². The Kier molecular flexibility index (Phi) is 4.52. The van der Waals surface area contributed by atoms with Crippen LogP contribution >= 0.6 is 11.6 Å². The van der Waals surface area contributed by atoms with Crippen molar-refractivity contribution in [2.75, 3.05) is 0 Å². The van der Waals surface area contributed by atoms with E-state index < -0.39 is 5.82 Å². The van der Waals surface area contributed by atoms with Gasteiger partial charge in [-0.05, 0) is 37.3 Å². The van der Waals surface area contributed by atoms with Gasteiger partial charge in [-0.3, -0.25) is 4.79 Å². The summed E-state index contributed by atoms with van der Waals surface area (Å²) in [6.07, 6.45) is 0. The van der Waals surface area contributed by atoms with Crippen molar-refractivity contribution >= 4 is 34.3 Å². The fourth-order valence-electron chi connectivity index (χ4n) is 2.19. The number of nitrogens with one attached hydrogen (secondary N) is 1. The Bertz CT molecular complexity index is 937. The minimum atomic E-state index is -0.432. The van der Waals surface area contributed by atoms with E-state index in [1.807, 2.05) is 24.3 Å². The van der Waals surface area contributed by atoms with Gasteiger partial charge in [0.15, 0.2) is 0 Å². The molecule has 24 heavy (non-hydrogen) atoms. The predicted octanol–water partition coefficient (Wildman–Crippen LogP) is 2.76. The van der Waals surface area contributed by atoms with Crippen molar-refractivity contribution < 1.29 is 9.18 Å². The van der Waals surface area contributed by atoms with Gasteiger partial charge in [0.1, 0.15) is 17.9 Å². The number of hydrogen-bond acceptors (Lipinski definition) is 4. The molecule has 0 fully saturated rings. The highest BCUT2D eigenvalue weighted by atomic mass is 35.5. The van der Waals surface area contributed by atoms with Crippen LogP contribution in [0.1, 0.15) is 12.5 Å². The zero-order valence-electron chi connectivity index (χ0n) is 12.7. The molecule has 1 heterocycles. The van der Waals surface area contributed by atoms with E-state index in [0.717, 1.165) is 5.52 Å². The second-order valence-corrected chi connectivity index (χ2v) is 5.50. The maximum Gasteiger partial charge on any atom is 0.261 e. The lowest BCUT2D eigenvalue weighted by molar-refractivity contribution is -0.121. The first-order valence-corrected chi connectivity index (χ1v) is 7.49. The van der Waals surface area contributed by atoms with E-state index >= 15 is 0 Å². The molecule has 1 amide bonds. The van der Waals surface area contributed by atoms with Gasteiger partial charge in [0.25, 0.3) is 5.91 Å². The van der Waals surface area contributed by atoms with Gasteiger partial charge in [0.2, 0.25) is 0 Å². The van der Waals surface area contributed by atoms with E-state index in [-0.39, 0.29) is 17.5 Å². The summed E-state index contributed by atoms with van der Waals surface area (Å²) >= 11 is 5.96. The van der Waals surface area contributed by atoms with Crippen LogP contribution in [0.15, 0.2) is 47.6 Å². The van der Waals surface area contributed by atoms with Crippen molar-refractivity contribution in [2.45, 2.75) is 13.5 Å². The highest BCUT2D eigenvalue weighted by Gasteiger charge is 2.09. The molecule has 0 radical (unpaired) electrons. The number of halogens is 2. The monoisotopic (exact) mass is 345 g/mol. The van der Waals surface area contributed by atoms with Crippen molar-refractivity contribution in [3.05, 3.63) is 58.9 Å². The zero-order valence-corrected chi connectivity index (χ0v) is 13.5. The minimum absolute atomic E-state index is 0.0194. The van der Waals surface area contributed by atoms with E-state index in [0.29, 0.717) is 16.8 Å². The summed E-state index contributed by atoms with van der Waals surface area (Å²) < 4.78 is 14.5. The molecule has 0 unspecified atom stereocenters. The molecule has 0 spiro atoms. The van der Waals surface area contributed by atoms with Crippen molar-refractivity contribution in [3.63, 3.8) is 0 Å². The number of hydrogen-bond donors (Lipinski definition) is 1. The molecular formula is C16H13ClFN5O. The quantitative estimate of drug-likeness (QED) is 0.583. The van der Waals surface area contributed by atoms with Crippen LogP contribution in [-0.2, 0) is 11.3 Å². The SMILES string of the molecule is C/C(=N/NC(=O)Cn1nnc2ccccc21)c1ccc(F)cc1Cl. The molecule has 0 aliphatic heterocycles. The molecule has 1 N–H and O–H groups in total. The Morgan fingerprint density at radius 2 is 2.12 bits per heavy atom. The number of nitrogens with zero attached hydrogens (tertiary/aromatic N) is 4. The molecule has 0 aliphatic carbocycles. The number of amides is 1. The third-order valence-corrected chi connectivity index (χ3v) is 3.70. The number of benzene rings is 2. The van der Waals surface area contributed by atoms with Gasteiger partial charge in [-0.25, -0.2) is 14.5 Å². The summed E-state index contributed by atoms with van der Waals surface area (Å²) in [5, 5.41) is 12.1. The topological polar surface area (TPSA) is 72.2 Å². The molecule has 0 aliphatic rings. The molecule has 122 valence electrons. The lowest BCUT2D eigenvalue weighted by atomic mass is 10.1. The number of aromatic nitrogens is 3. The molecule has 6 nitrogen and oxygen atoms in total. The average molecular weight is 346 g/mol. The van der Waals surface area contributed by atoms with Crippen molar-refractivity contribution in [1.82, 2.24) is 20.4 Å². The Morgan fingerprint density at radius 3 is 2.92 bits per heavy atom. The summed E-state index contributed by atoms with van der Waals surface area (Å²) in [6, 6.07) is 11.3. The highest BCUT2D eigenvalue weighted by molar-refractivity contribution is 6.34. The molecule has 8 heteroatoms. The summed E-state index contributed by atoms with van der Waals surface area (Å²) in [7, 11) is 0. The highest BCUT2D eigenvalue weighted by Crippen LogP contribution is 2.17. The number of carbonyl (C=O) groups excluding carboxylic acids is 1. The Hall–Kier alpha value is -2.80. The maximum absolute atomic E-state index is 13.1. The number of carbonyl (C=O) groups is 1. The van der Waals surface area contributed by atoms with Gasteiger partial charge in [-0.1, -0.05) is 28.9 Å². The second-order valence-electron chi connectivity index (χ2n) is 5.09. The Balaban J connectivity index is 1.70. The first-order valence-electron chi connectivity index (χ1n) is 7.11. The summed E-state index contributed by atoms with van der Waals surface area (Å²) in [5.41, 5.74) is 4.92. The lowest BCUT2D eigenvalue weighted by Gasteiger charge is -2.05. The molecule has 0 saturated carbocycles. The largest absolute Gasteiger partial charge is 0.271 e. The predicted molar refractivity (Wildman–Crippen MR) is 89.3 cm³/mol. The molecular weight excluding hydrogens is 333 g/mol. The zero-order chi connectivity index (χ0) is 17.1. The van der Waals surface area contributed by atoms with Gasteiger partial charge in [0, 0.05) is 5.56 Å². The second kappa shape index (κ2) is 6.76. The normalized spacial score (nSPS) is 11.7. The smallest absolute Gasteiger partial charge is 0.261 e. The van der Waals surface area contributed by atoms with Crippen LogP contribution in [0.2, 0.25) is 5.02 Å². The number of hydrazone groups is 1. The molecule has 2 aromatic carbocycles. The lowest BCUT2D eigenvalue weighted by Crippen LogP contribution is -2.24. The number of para-hydroxylation sites is 1. The molecule has 1 aromatic heterocycles.